The summed E-state index contributed by atoms with van der Waals surface area (Å²) in [4.78, 5) is 25.3. The van der Waals surface area contributed by atoms with E-state index in [2.05, 4.69) is 32.1 Å². The van der Waals surface area contributed by atoms with Crippen molar-refractivity contribution in [3.8, 4) is 11.4 Å². The van der Waals surface area contributed by atoms with Gasteiger partial charge in [-0.05, 0) is 18.2 Å². The molecule has 5 rings (SSSR count). The molecule has 4 aromatic rings. The zero-order chi connectivity index (χ0) is 20.8. The van der Waals surface area contributed by atoms with E-state index in [0.717, 1.165) is 23.1 Å². The molecule has 2 aromatic carbocycles. The first-order chi connectivity index (χ1) is 14.5. The number of anilines is 1. The van der Waals surface area contributed by atoms with Gasteiger partial charge in [0.25, 0.3) is 11.5 Å². The molecule has 0 radical (unpaired) electrons. The summed E-state index contributed by atoms with van der Waals surface area (Å²) in [5, 5.41) is 18.0. The fourth-order valence-electron chi connectivity index (χ4n) is 3.62. The Labute approximate surface area is 175 Å². The third-order valence-electron chi connectivity index (χ3n) is 5.01. The number of hydrogen-bond acceptors (Lipinski definition) is 6. The standard InChI is InChI=1S/C21H18N6O2S/c1-12-11-27-18(23-24-21(27)30-12)13-6-5-7-14(10-13)22-19(28)17-15-8-3-4-9-16(15)20(29)26(2)25-17/h3-10,12H,11H2,1-2H3,(H,22,28). The highest BCUT2D eigenvalue weighted by molar-refractivity contribution is 7.99. The summed E-state index contributed by atoms with van der Waals surface area (Å²) in [5.74, 6) is 0.401. The highest BCUT2D eigenvalue weighted by Crippen LogP contribution is 2.34. The number of rotatable bonds is 3. The maximum absolute atomic E-state index is 13.0. The maximum atomic E-state index is 13.0. The third kappa shape index (κ3) is 3.07. The van der Waals surface area contributed by atoms with E-state index in [4.69, 9.17) is 0 Å². The Balaban J connectivity index is 1.49. The van der Waals surface area contributed by atoms with E-state index < -0.39 is 0 Å². The molecule has 30 heavy (non-hydrogen) atoms. The Bertz CT molecular complexity index is 1360. The van der Waals surface area contributed by atoms with Gasteiger partial charge in [0, 0.05) is 35.5 Å². The van der Waals surface area contributed by atoms with E-state index in [9.17, 15) is 9.59 Å². The number of hydrogen-bond donors (Lipinski definition) is 1. The third-order valence-corrected chi connectivity index (χ3v) is 6.08. The van der Waals surface area contributed by atoms with Crippen molar-refractivity contribution in [2.75, 3.05) is 5.32 Å². The van der Waals surface area contributed by atoms with E-state index in [0.29, 0.717) is 21.7 Å². The van der Waals surface area contributed by atoms with E-state index in [1.54, 1.807) is 36.0 Å². The van der Waals surface area contributed by atoms with Crippen LogP contribution in [0, 0.1) is 0 Å². The van der Waals surface area contributed by atoms with Crippen molar-refractivity contribution in [2.24, 2.45) is 7.05 Å². The lowest BCUT2D eigenvalue weighted by molar-refractivity contribution is 0.102. The Kier molecular flexibility index (Phi) is 4.39. The lowest BCUT2D eigenvalue weighted by Gasteiger charge is -2.10. The van der Waals surface area contributed by atoms with Gasteiger partial charge in [-0.1, -0.05) is 49.0 Å². The van der Waals surface area contributed by atoms with Gasteiger partial charge in [-0.2, -0.15) is 5.10 Å². The first-order valence-electron chi connectivity index (χ1n) is 9.49. The molecule has 2 aromatic heterocycles. The van der Waals surface area contributed by atoms with Crippen molar-refractivity contribution in [1.82, 2.24) is 24.5 Å². The number of nitrogens with zero attached hydrogens (tertiary/aromatic N) is 5. The smallest absolute Gasteiger partial charge is 0.276 e. The molecule has 1 aliphatic rings. The second-order valence-electron chi connectivity index (χ2n) is 7.20. The van der Waals surface area contributed by atoms with Gasteiger partial charge in [0.1, 0.15) is 0 Å². The largest absolute Gasteiger partial charge is 0.321 e. The van der Waals surface area contributed by atoms with Crippen LogP contribution in [0.1, 0.15) is 17.4 Å². The minimum Gasteiger partial charge on any atom is -0.321 e. The summed E-state index contributed by atoms with van der Waals surface area (Å²) in [7, 11) is 1.54. The van der Waals surface area contributed by atoms with Crippen LogP contribution in [-0.4, -0.2) is 35.7 Å². The summed E-state index contributed by atoms with van der Waals surface area (Å²) in [6.07, 6.45) is 0. The minimum atomic E-state index is -0.380. The molecule has 0 spiro atoms. The quantitative estimate of drug-likeness (QED) is 0.550. The maximum Gasteiger partial charge on any atom is 0.276 e. The number of aromatic nitrogens is 5. The van der Waals surface area contributed by atoms with Crippen LogP contribution in [0.25, 0.3) is 22.2 Å². The number of carbonyl (C=O) groups excluding carboxylic acids is 1. The number of benzene rings is 2. The Morgan fingerprint density at radius 2 is 1.93 bits per heavy atom. The van der Waals surface area contributed by atoms with Gasteiger partial charge in [0.15, 0.2) is 16.7 Å². The van der Waals surface area contributed by atoms with Crippen LogP contribution in [0.3, 0.4) is 0 Å². The second-order valence-corrected chi connectivity index (χ2v) is 8.61. The van der Waals surface area contributed by atoms with E-state index >= 15 is 0 Å². The molecule has 1 unspecified atom stereocenters. The van der Waals surface area contributed by atoms with E-state index in [1.165, 1.54) is 11.7 Å². The Morgan fingerprint density at radius 3 is 2.77 bits per heavy atom. The first kappa shape index (κ1) is 18.6. The normalized spacial score (nSPS) is 15.3. The van der Waals surface area contributed by atoms with Gasteiger partial charge in [-0.3, -0.25) is 9.59 Å². The molecule has 8 nitrogen and oxygen atoms in total. The van der Waals surface area contributed by atoms with Crippen molar-refractivity contribution in [3.05, 3.63) is 64.6 Å². The molecule has 0 fully saturated rings. The fourth-order valence-corrected chi connectivity index (χ4v) is 4.58. The zero-order valence-electron chi connectivity index (χ0n) is 16.4. The van der Waals surface area contributed by atoms with Crippen molar-refractivity contribution in [1.29, 1.82) is 0 Å². The van der Waals surface area contributed by atoms with Crippen LogP contribution in [0.15, 0.2) is 58.5 Å². The number of amides is 1. The van der Waals surface area contributed by atoms with Crippen LogP contribution in [0.5, 0.6) is 0 Å². The molecule has 1 atom stereocenters. The van der Waals surface area contributed by atoms with Crippen LogP contribution in [-0.2, 0) is 13.6 Å². The van der Waals surface area contributed by atoms with Gasteiger partial charge in [0.2, 0.25) is 0 Å². The average molecular weight is 418 g/mol. The highest BCUT2D eigenvalue weighted by atomic mass is 32.2. The average Bonchev–Trinajstić information content (AvgIpc) is 3.29. The van der Waals surface area contributed by atoms with Gasteiger partial charge < -0.3 is 9.88 Å². The molecule has 1 amide bonds. The molecule has 0 bridgehead atoms. The summed E-state index contributed by atoms with van der Waals surface area (Å²) in [5.41, 5.74) is 1.46. The monoisotopic (exact) mass is 418 g/mol. The molecular formula is C21H18N6O2S. The second kappa shape index (κ2) is 7.10. The number of nitrogens with one attached hydrogen (secondary N) is 1. The van der Waals surface area contributed by atoms with Gasteiger partial charge in [-0.15, -0.1) is 10.2 Å². The minimum absolute atomic E-state index is 0.201. The van der Waals surface area contributed by atoms with E-state index in [-0.39, 0.29) is 17.2 Å². The number of aryl methyl sites for hydroxylation is 1. The van der Waals surface area contributed by atoms with Crippen LogP contribution in [0.4, 0.5) is 5.69 Å². The van der Waals surface area contributed by atoms with E-state index in [1.807, 2.05) is 24.3 Å². The molecule has 0 aliphatic carbocycles. The fraction of sp³-hybridized carbons (Fsp3) is 0.190. The van der Waals surface area contributed by atoms with Crippen molar-refractivity contribution in [2.45, 2.75) is 23.9 Å². The van der Waals surface area contributed by atoms with Crippen LogP contribution >= 0.6 is 11.8 Å². The van der Waals surface area contributed by atoms with Gasteiger partial charge >= 0.3 is 0 Å². The highest BCUT2D eigenvalue weighted by Gasteiger charge is 2.24. The van der Waals surface area contributed by atoms with Crippen molar-refractivity contribution < 1.29 is 4.79 Å². The lowest BCUT2D eigenvalue weighted by Crippen LogP contribution is -2.25. The first-order valence-corrected chi connectivity index (χ1v) is 10.4. The predicted octanol–water partition coefficient (Wildman–Crippen LogP) is 2.94. The van der Waals surface area contributed by atoms with Crippen LogP contribution in [0.2, 0.25) is 0 Å². The molecular weight excluding hydrogens is 400 g/mol. The SMILES string of the molecule is CC1Cn2c(nnc2-c2cccc(NC(=O)c3nn(C)c(=O)c4ccccc34)c2)S1. The summed E-state index contributed by atoms with van der Waals surface area (Å²) < 4.78 is 3.28. The summed E-state index contributed by atoms with van der Waals surface area (Å²) in [6.45, 7) is 3.01. The molecule has 3 heterocycles. The predicted molar refractivity (Wildman–Crippen MR) is 116 cm³/mol. The molecule has 1 aliphatic heterocycles. The number of fused-ring (bicyclic) bond motifs is 2. The van der Waals surface area contributed by atoms with Crippen molar-refractivity contribution in [3.63, 3.8) is 0 Å². The molecule has 0 saturated carbocycles. The molecule has 1 N–H and O–H groups in total. The van der Waals surface area contributed by atoms with Gasteiger partial charge in [0.05, 0.1) is 5.39 Å². The number of thioether (sulfide) groups is 1. The summed E-state index contributed by atoms with van der Waals surface area (Å²) in [6, 6.07) is 14.5. The number of carbonyl (C=O) groups is 1. The Hall–Kier alpha value is -3.46. The van der Waals surface area contributed by atoms with Gasteiger partial charge in [-0.25, -0.2) is 4.68 Å². The molecule has 0 saturated heterocycles. The lowest BCUT2D eigenvalue weighted by atomic mass is 10.1. The Morgan fingerprint density at radius 1 is 1.13 bits per heavy atom. The topological polar surface area (TPSA) is 94.7 Å². The van der Waals surface area contributed by atoms with Crippen molar-refractivity contribution >= 4 is 34.1 Å². The summed E-state index contributed by atoms with van der Waals surface area (Å²) >= 11 is 1.71. The van der Waals surface area contributed by atoms with Crippen LogP contribution < -0.4 is 10.9 Å². The molecule has 150 valence electrons. The zero-order valence-corrected chi connectivity index (χ0v) is 17.2. The molecule has 9 heteroatoms.